The number of hydrogen-bond acceptors (Lipinski definition) is 2. The van der Waals surface area contributed by atoms with E-state index in [9.17, 15) is 8.78 Å². The Morgan fingerprint density at radius 2 is 1.85 bits per heavy atom. The van der Waals surface area contributed by atoms with E-state index in [2.05, 4.69) is 11.8 Å². The topological polar surface area (TPSA) is 29.3 Å². The van der Waals surface area contributed by atoms with Gasteiger partial charge in [0.1, 0.15) is 0 Å². The molecule has 1 saturated carbocycles. The van der Waals surface area contributed by atoms with Crippen LogP contribution in [-0.2, 0) is 0 Å². The number of nitrogens with zero attached hydrogens (tertiary/aromatic N) is 1. The average molecular weight is 282 g/mol. The molecule has 4 heteroatoms. The molecule has 2 N–H and O–H groups in total. The van der Waals surface area contributed by atoms with Crippen LogP contribution in [0.4, 0.5) is 8.78 Å². The fourth-order valence-electron chi connectivity index (χ4n) is 3.16. The largest absolute Gasteiger partial charge is 0.329 e. The Balaban J connectivity index is 2.12. The van der Waals surface area contributed by atoms with Gasteiger partial charge in [-0.2, -0.15) is 0 Å². The van der Waals surface area contributed by atoms with E-state index in [1.54, 1.807) is 6.07 Å². The second-order valence-electron chi connectivity index (χ2n) is 6.00. The van der Waals surface area contributed by atoms with Crippen molar-refractivity contribution in [3.8, 4) is 0 Å². The summed E-state index contributed by atoms with van der Waals surface area (Å²) in [5.41, 5.74) is 6.63. The number of halogens is 2. The third-order valence-electron chi connectivity index (χ3n) is 4.60. The summed E-state index contributed by atoms with van der Waals surface area (Å²) < 4.78 is 26.4. The average Bonchev–Trinajstić information content (AvgIpc) is 2.44. The molecule has 1 fully saturated rings. The summed E-state index contributed by atoms with van der Waals surface area (Å²) in [6, 6.07) is 4.52. The zero-order valence-electron chi connectivity index (χ0n) is 12.3. The van der Waals surface area contributed by atoms with Gasteiger partial charge in [-0.25, -0.2) is 8.78 Å². The van der Waals surface area contributed by atoms with Gasteiger partial charge in [0.2, 0.25) is 0 Å². The second kappa shape index (κ2) is 6.64. The molecule has 112 valence electrons. The van der Waals surface area contributed by atoms with Crippen molar-refractivity contribution in [2.75, 3.05) is 13.6 Å². The lowest BCUT2D eigenvalue weighted by Crippen LogP contribution is -2.40. The van der Waals surface area contributed by atoms with Crippen LogP contribution in [0.5, 0.6) is 0 Å². The van der Waals surface area contributed by atoms with Crippen LogP contribution in [0, 0.1) is 17.6 Å². The van der Waals surface area contributed by atoms with Crippen LogP contribution in [0.25, 0.3) is 0 Å². The first kappa shape index (κ1) is 15.4. The summed E-state index contributed by atoms with van der Waals surface area (Å²) in [6.07, 6.45) is 4.75. The lowest BCUT2D eigenvalue weighted by atomic mass is 9.86. The standard InChI is InChI=1S/C16H24F2N2/c1-11-3-6-13(7-4-11)20(2)16(10-19)12-5-8-14(17)15(18)9-12/h5,8-9,11,13,16H,3-4,6-7,10,19H2,1-2H3. The number of nitrogens with two attached hydrogens (primary N) is 1. The molecule has 0 radical (unpaired) electrons. The van der Waals surface area contributed by atoms with Crippen LogP contribution in [-0.4, -0.2) is 24.5 Å². The van der Waals surface area contributed by atoms with Crippen molar-refractivity contribution in [1.82, 2.24) is 4.90 Å². The maximum Gasteiger partial charge on any atom is 0.159 e. The van der Waals surface area contributed by atoms with Crippen LogP contribution < -0.4 is 5.73 Å². The minimum Gasteiger partial charge on any atom is -0.329 e. The molecule has 1 aromatic carbocycles. The highest BCUT2D eigenvalue weighted by Gasteiger charge is 2.27. The van der Waals surface area contributed by atoms with Gasteiger partial charge < -0.3 is 5.73 Å². The molecule has 0 aromatic heterocycles. The first-order valence-corrected chi connectivity index (χ1v) is 7.40. The van der Waals surface area contributed by atoms with Crippen molar-refractivity contribution in [2.24, 2.45) is 11.7 Å². The zero-order chi connectivity index (χ0) is 14.7. The van der Waals surface area contributed by atoms with Gasteiger partial charge in [0.15, 0.2) is 11.6 Å². The molecule has 2 nitrogen and oxygen atoms in total. The Bertz CT molecular complexity index is 442. The lowest BCUT2D eigenvalue weighted by Gasteiger charge is -2.38. The van der Waals surface area contributed by atoms with E-state index < -0.39 is 11.6 Å². The molecular formula is C16H24F2N2. The minimum atomic E-state index is -0.807. The molecule has 0 spiro atoms. The van der Waals surface area contributed by atoms with Crippen molar-refractivity contribution < 1.29 is 8.78 Å². The normalized spacial score (nSPS) is 24.9. The van der Waals surface area contributed by atoms with Gasteiger partial charge in [-0.15, -0.1) is 0 Å². The van der Waals surface area contributed by atoms with E-state index >= 15 is 0 Å². The van der Waals surface area contributed by atoms with Crippen LogP contribution in [0.1, 0.15) is 44.2 Å². The number of hydrogen-bond donors (Lipinski definition) is 1. The smallest absolute Gasteiger partial charge is 0.159 e. The fourth-order valence-corrected chi connectivity index (χ4v) is 3.16. The second-order valence-corrected chi connectivity index (χ2v) is 6.00. The molecule has 0 aliphatic heterocycles. The van der Waals surface area contributed by atoms with Crippen molar-refractivity contribution in [1.29, 1.82) is 0 Å². The molecule has 20 heavy (non-hydrogen) atoms. The maximum atomic E-state index is 13.4. The monoisotopic (exact) mass is 282 g/mol. The number of rotatable bonds is 4. The Hall–Kier alpha value is -1.00. The lowest BCUT2D eigenvalue weighted by molar-refractivity contribution is 0.126. The van der Waals surface area contributed by atoms with Gasteiger partial charge in [0, 0.05) is 18.6 Å². The summed E-state index contributed by atoms with van der Waals surface area (Å²) in [5.74, 6) is -0.815. The van der Waals surface area contributed by atoms with E-state index in [0.717, 1.165) is 24.3 Å². The van der Waals surface area contributed by atoms with Crippen molar-refractivity contribution in [2.45, 2.75) is 44.7 Å². The maximum absolute atomic E-state index is 13.4. The predicted molar refractivity (Wildman–Crippen MR) is 77.3 cm³/mol. The summed E-state index contributed by atoms with van der Waals surface area (Å²) in [5, 5.41) is 0. The summed E-state index contributed by atoms with van der Waals surface area (Å²) in [7, 11) is 2.04. The molecule has 2 rings (SSSR count). The summed E-state index contributed by atoms with van der Waals surface area (Å²) in [6.45, 7) is 2.69. The Morgan fingerprint density at radius 1 is 1.20 bits per heavy atom. The molecule has 0 amide bonds. The van der Waals surface area contributed by atoms with E-state index in [1.807, 2.05) is 7.05 Å². The Morgan fingerprint density at radius 3 is 2.40 bits per heavy atom. The van der Waals surface area contributed by atoms with Gasteiger partial charge in [-0.3, -0.25) is 4.90 Å². The third kappa shape index (κ3) is 3.36. The van der Waals surface area contributed by atoms with Gasteiger partial charge in [-0.1, -0.05) is 13.0 Å². The summed E-state index contributed by atoms with van der Waals surface area (Å²) >= 11 is 0. The van der Waals surface area contributed by atoms with Crippen LogP contribution in [0.3, 0.4) is 0 Å². The van der Waals surface area contributed by atoms with Crippen molar-refractivity contribution >= 4 is 0 Å². The molecule has 1 atom stereocenters. The highest BCUT2D eigenvalue weighted by Crippen LogP contribution is 2.31. The van der Waals surface area contributed by atoms with Gasteiger partial charge in [-0.05, 0) is 56.3 Å². The molecule has 0 saturated heterocycles. The number of likely N-dealkylation sites (N-methyl/N-ethyl adjacent to an activating group) is 1. The minimum absolute atomic E-state index is 0.0523. The predicted octanol–water partition coefficient (Wildman–Crippen LogP) is 3.48. The number of benzene rings is 1. The molecule has 1 aliphatic carbocycles. The Kier molecular flexibility index (Phi) is 5.11. The fraction of sp³-hybridized carbons (Fsp3) is 0.625. The van der Waals surface area contributed by atoms with E-state index in [-0.39, 0.29) is 6.04 Å². The summed E-state index contributed by atoms with van der Waals surface area (Å²) in [4.78, 5) is 2.23. The molecular weight excluding hydrogens is 258 g/mol. The van der Waals surface area contributed by atoms with Crippen molar-refractivity contribution in [3.63, 3.8) is 0 Å². The SMILES string of the molecule is CC1CCC(N(C)C(CN)c2ccc(F)c(F)c2)CC1. The van der Waals surface area contributed by atoms with Crippen molar-refractivity contribution in [3.05, 3.63) is 35.4 Å². The zero-order valence-corrected chi connectivity index (χ0v) is 12.3. The van der Waals surface area contributed by atoms with Gasteiger partial charge >= 0.3 is 0 Å². The molecule has 1 aliphatic rings. The van der Waals surface area contributed by atoms with Gasteiger partial charge in [0.25, 0.3) is 0 Å². The highest BCUT2D eigenvalue weighted by atomic mass is 19.2. The molecule has 1 aromatic rings. The molecule has 0 heterocycles. The van der Waals surface area contributed by atoms with Gasteiger partial charge in [0.05, 0.1) is 0 Å². The van der Waals surface area contributed by atoms with Crippen LogP contribution in [0.2, 0.25) is 0 Å². The quantitative estimate of drug-likeness (QED) is 0.916. The first-order valence-electron chi connectivity index (χ1n) is 7.40. The van der Waals surface area contributed by atoms with E-state index in [4.69, 9.17) is 5.73 Å². The van der Waals surface area contributed by atoms with Crippen LogP contribution >= 0.6 is 0 Å². The Labute approximate surface area is 120 Å². The van der Waals surface area contributed by atoms with Crippen LogP contribution in [0.15, 0.2) is 18.2 Å². The van der Waals surface area contributed by atoms with E-state index in [0.29, 0.717) is 12.6 Å². The molecule has 1 unspecified atom stereocenters. The third-order valence-corrected chi connectivity index (χ3v) is 4.60. The van der Waals surface area contributed by atoms with E-state index in [1.165, 1.54) is 25.0 Å². The molecule has 0 bridgehead atoms. The highest BCUT2D eigenvalue weighted by molar-refractivity contribution is 5.22. The first-order chi connectivity index (χ1) is 9.52.